The number of fused-ring (bicyclic) bond motifs is 1. The quantitative estimate of drug-likeness (QED) is 0.419. The number of para-hydroxylation sites is 1. The van der Waals surface area contributed by atoms with Crippen molar-refractivity contribution in [3.05, 3.63) is 94.3 Å². The molecule has 168 valence electrons. The number of nitrogens with one attached hydrogen (secondary N) is 2. The van der Waals surface area contributed by atoms with E-state index in [-0.39, 0.29) is 17.7 Å². The maximum atomic E-state index is 13.3. The Hall–Kier alpha value is -3.38. The molecule has 33 heavy (non-hydrogen) atoms. The maximum absolute atomic E-state index is 13.3. The minimum absolute atomic E-state index is 0.0105. The Bertz CT molecular complexity index is 1230. The molecule has 1 fully saturated rings. The molecule has 2 amide bonds. The lowest BCUT2D eigenvalue weighted by Crippen LogP contribution is -2.52. The van der Waals surface area contributed by atoms with Crippen molar-refractivity contribution in [1.82, 2.24) is 15.2 Å². The zero-order valence-electron chi connectivity index (χ0n) is 18.4. The fourth-order valence-electron chi connectivity index (χ4n) is 4.78. The number of carbonyl (C=O) groups excluding carboxylic acids is 2. The highest BCUT2D eigenvalue weighted by Gasteiger charge is 2.33. The normalized spacial score (nSPS) is 17.1. The molecule has 1 saturated heterocycles. The van der Waals surface area contributed by atoms with Crippen LogP contribution in [0.1, 0.15) is 46.0 Å². The molecule has 1 aliphatic rings. The summed E-state index contributed by atoms with van der Waals surface area (Å²) in [5, 5.41) is 6.25. The van der Waals surface area contributed by atoms with Crippen molar-refractivity contribution in [2.75, 3.05) is 13.1 Å². The summed E-state index contributed by atoms with van der Waals surface area (Å²) in [7, 11) is 0. The van der Waals surface area contributed by atoms with Gasteiger partial charge in [0.2, 0.25) is 5.91 Å². The van der Waals surface area contributed by atoms with Gasteiger partial charge in [0.05, 0.1) is 4.88 Å². The highest BCUT2D eigenvalue weighted by atomic mass is 32.1. The Morgan fingerprint density at radius 2 is 1.85 bits per heavy atom. The van der Waals surface area contributed by atoms with Gasteiger partial charge >= 0.3 is 0 Å². The summed E-state index contributed by atoms with van der Waals surface area (Å²) in [6.07, 6.45) is 4.63. The van der Waals surface area contributed by atoms with Gasteiger partial charge in [-0.05, 0) is 47.9 Å². The lowest BCUT2D eigenvalue weighted by molar-refractivity contribution is -0.126. The molecule has 0 unspecified atom stereocenters. The van der Waals surface area contributed by atoms with Crippen molar-refractivity contribution in [3.63, 3.8) is 0 Å². The Balaban J connectivity index is 1.37. The monoisotopic (exact) mass is 457 g/mol. The summed E-state index contributed by atoms with van der Waals surface area (Å²) >= 11 is 1.43. The van der Waals surface area contributed by atoms with Crippen molar-refractivity contribution < 1.29 is 9.59 Å². The molecular formula is C27H27N3O2S. The molecule has 5 nitrogen and oxygen atoms in total. The summed E-state index contributed by atoms with van der Waals surface area (Å²) < 4.78 is 0. The summed E-state index contributed by atoms with van der Waals surface area (Å²) in [5.74, 6) is -0.0993. The largest absolute Gasteiger partial charge is 0.361 e. The first-order valence-corrected chi connectivity index (χ1v) is 12.3. The number of thiophene rings is 1. The predicted octanol–water partition coefficient (Wildman–Crippen LogP) is 5.17. The van der Waals surface area contributed by atoms with E-state index in [0.717, 1.165) is 34.9 Å². The van der Waals surface area contributed by atoms with Crippen LogP contribution in [0.15, 0.2) is 78.3 Å². The van der Waals surface area contributed by atoms with Crippen LogP contribution in [-0.2, 0) is 4.79 Å². The molecule has 2 atom stereocenters. The standard InChI is InChI=1S/C27H27N3O2S/c31-26(24-13-6-7-15-30(24)27(32)25-14-8-16-33-25)29-17-21(19-9-2-1-3-10-19)22-18-28-23-12-5-4-11-20(22)23/h1-5,8-12,14,16,18,21,24,28H,6-7,13,15,17H2,(H,29,31)/t21-,24+/m0/s1. The summed E-state index contributed by atoms with van der Waals surface area (Å²) in [5.41, 5.74) is 3.39. The highest BCUT2D eigenvalue weighted by molar-refractivity contribution is 7.12. The molecule has 1 aliphatic heterocycles. The second-order valence-corrected chi connectivity index (χ2v) is 9.43. The molecule has 0 saturated carbocycles. The van der Waals surface area contributed by atoms with E-state index in [1.807, 2.05) is 54.0 Å². The third kappa shape index (κ3) is 4.44. The van der Waals surface area contributed by atoms with Crippen molar-refractivity contribution in [3.8, 4) is 0 Å². The smallest absolute Gasteiger partial charge is 0.264 e. The number of piperidine rings is 1. The third-order valence-corrected chi connectivity index (χ3v) is 7.34. The van der Waals surface area contributed by atoms with Crippen molar-refractivity contribution in [2.45, 2.75) is 31.2 Å². The molecule has 5 rings (SSSR count). The van der Waals surface area contributed by atoms with E-state index >= 15 is 0 Å². The molecule has 2 aromatic heterocycles. The van der Waals surface area contributed by atoms with Gasteiger partial charge in [-0.3, -0.25) is 9.59 Å². The summed E-state index contributed by atoms with van der Waals surface area (Å²) in [6, 6.07) is 21.8. The van der Waals surface area contributed by atoms with Gasteiger partial charge in [-0.15, -0.1) is 11.3 Å². The van der Waals surface area contributed by atoms with Gasteiger partial charge in [-0.1, -0.05) is 54.6 Å². The first-order valence-electron chi connectivity index (χ1n) is 11.5. The SMILES string of the molecule is O=C(NC[C@@H](c1ccccc1)c1c[nH]c2ccccc12)[C@H]1CCCCN1C(=O)c1cccs1. The molecule has 0 radical (unpaired) electrons. The second kappa shape index (κ2) is 9.63. The van der Waals surface area contributed by atoms with Crippen LogP contribution in [0.4, 0.5) is 0 Å². The van der Waals surface area contributed by atoms with Crippen LogP contribution in [0.25, 0.3) is 10.9 Å². The topological polar surface area (TPSA) is 65.2 Å². The van der Waals surface area contributed by atoms with E-state index in [4.69, 9.17) is 0 Å². The van der Waals surface area contributed by atoms with Crippen LogP contribution < -0.4 is 5.32 Å². The van der Waals surface area contributed by atoms with Gasteiger partial charge in [0.1, 0.15) is 6.04 Å². The molecule has 2 N–H and O–H groups in total. The van der Waals surface area contributed by atoms with E-state index < -0.39 is 6.04 Å². The Morgan fingerprint density at radius 1 is 1.03 bits per heavy atom. The molecule has 0 bridgehead atoms. The van der Waals surface area contributed by atoms with Gasteiger partial charge in [0.25, 0.3) is 5.91 Å². The number of aromatic nitrogens is 1. The molecule has 3 heterocycles. The van der Waals surface area contributed by atoms with Gasteiger partial charge < -0.3 is 15.2 Å². The Kier molecular flexibility index (Phi) is 6.26. The minimum atomic E-state index is -0.423. The number of likely N-dealkylation sites (tertiary alicyclic amines) is 1. The van der Waals surface area contributed by atoms with E-state index in [9.17, 15) is 9.59 Å². The van der Waals surface area contributed by atoms with Gasteiger partial charge in [0, 0.05) is 36.1 Å². The molecule has 2 aromatic carbocycles. The van der Waals surface area contributed by atoms with Crippen molar-refractivity contribution in [2.24, 2.45) is 0 Å². The summed E-state index contributed by atoms with van der Waals surface area (Å²) in [6.45, 7) is 1.10. The number of carbonyl (C=O) groups is 2. The van der Waals surface area contributed by atoms with Crippen LogP contribution in [0.3, 0.4) is 0 Å². The Morgan fingerprint density at radius 3 is 2.67 bits per heavy atom. The van der Waals surface area contributed by atoms with E-state index in [2.05, 4.69) is 34.6 Å². The zero-order chi connectivity index (χ0) is 22.6. The molecule has 0 spiro atoms. The number of rotatable bonds is 6. The molecule has 6 heteroatoms. The number of amides is 2. The molecular weight excluding hydrogens is 430 g/mol. The van der Waals surface area contributed by atoms with Crippen molar-refractivity contribution in [1.29, 1.82) is 0 Å². The van der Waals surface area contributed by atoms with Crippen LogP contribution in [0.2, 0.25) is 0 Å². The minimum Gasteiger partial charge on any atom is -0.361 e. The Labute approximate surface area is 197 Å². The molecule has 4 aromatic rings. The first kappa shape index (κ1) is 21.5. The van der Waals surface area contributed by atoms with E-state index in [1.54, 1.807) is 4.90 Å². The average Bonchev–Trinajstić information content (AvgIpc) is 3.55. The number of benzene rings is 2. The van der Waals surface area contributed by atoms with Gasteiger partial charge in [-0.25, -0.2) is 0 Å². The van der Waals surface area contributed by atoms with E-state index in [0.29, 0.717) is 24.4 Å². The number of aromatic amines is 1. The number of hydrogen-bond donors (Lipinski definition) is 2. The highest BCUT2D eigenvalue weighted by Crippen LogP contribution is 2.31. The third-order valence-electron chi connectivity index (χ3n) is 6.48. The fourth-order valence-corrected chi connectivity index (χ4v) is 5.46. The first-order chi connectivity index (χ1) is 16.2. The average molecular weight is 458 g/mol. The fraction of sp³-hybridized carbons (Fsp3) is 0.259. The van der Waals surface area contributed by atoms with Crippen LogP contribution >= 0.6 is 11.3 Å². The summed E-state index contributed by atoms with van der Waals surface area (Å²) in [4.78, 5) is 32.2. The lowest BCUT2D eigenvalue weighted by Gasteiger charge is -2.34. The number of nitrogens with zero attached hydrogens (tertiary/aromatic N) is 1. The van der Waals surface area contributed by atoms with Crippen molar-refractivity contribution >= 4 is 34.1 Å². The predicted molar refractivity (Wildman–Crippen MR) is 133 cm³/mol. The van der Waals surface area contributed by atoms with E-state index in [1.165, 1.54) is 11.3 Å². The van der Waals surface area contributed by atoms with Crippen LogP contribution in [0, 0.1) is 0 Å². The second-order valence-electron chi connectivity index (χ2n) is 8.49. The van der Waals surface area contributed by atoms with Crippen LogP contribution in [-0.4, -0.2) is 40.8 Å². The zero-order valence-corrected chi connectivity index (χ0v) is 19.2. The lowest BCUT2D eigenvalue weighted by atomic mass is 9.90. The van der Waals surface area contributed by atoms with Crippen LogP contribution in [0.5, 0.6) is 0 Å². The number of H-pyrrole nitrogens is 1. The van der Waals surface area contributed by atoms with Gasteiger partial charge in [0.15, 0.2) is 0 Å². The number of hydrogen-bond acceptors (Lipinski definition) is 3. The molecule has 0 aliphatic carbocycles. The van der Waals surface area contributed by atoms with Gasteiger partial charge in [-0.2, -0.15) is 0 Å². The maximum Gasteiger partial charge on any atom is 0.264 e.